The van der Waals surface area contributed by atoms with Crippen molar-refractivity contribution in [1.82, 2.24) is 5.32 Å². The first-order valence-corrected chi connectivity index (χ1v) is 8.18. The van der Waals surface area contributed by atoms with Gasteiger partial charge in [-0.25, -0.2) is 0 Å². The zero-order valence-corrected chi connectivity index (χ0v) is 12.9. The summed E-state index contributed by atoms with van der Waals surface area (Å²) in [6.45, 7) is 6.64. The highest BCUT2D eigenvalue weighted by molar-refractivity contribution is 5.40. The van der Waals surface area contributed by atoms with E-state index in [-0.39, 0.29) is 0 Å². The summed E-state index contributed by atoms with van der Waals surface area (Å²) >= 11 is 0. The molecule has 2 nitrogen and oxygen atoms in total. The fourth-order valence-corrected chi connectivity index (χ4v) is 3.84. The molecule has 1 aliphatic carbocycles. The Balaban J connectivity index is 1.49. The van der Waals surface area contributed by atoms with Gasteiger partial charge in [0.15, 0.2) is 0 Å². The summed E-state index contributed by atoms with van der Waals surface area (Å²) in [7, 11) is 0. The van der Waals surface area contributed by atoms with Crippen molar-refractivity contribution in [3.63, 3.8) is 0 Å². The molecule has 2 aliphatic rings. The molecule has 1 aromatic rings. The molecule has 20 heavy (non-hydrogen) atoms. The van der Waals surface area contributed by atoms with Crippen LogP contribution in [-0.2, 0) is 6.42 Å². The van der Waals surface area contributed by atoms with E-state index in [1.807, 2.05) is 0 Å². The van der Waals surface area contributed by atoms with E-state index in [1.54, 1.807) is 0 Å². The summed E-state index contributed by atoms with van der Waals surface area (Å²) in [6, 6.07) is 6.52. The molecule has 0 spiro atoms. The summed E-state index contributed by atoms with van der Waals surface area (Å²) in [4.78, 5) is 0. The van der Waals surface area contributed by atoms with E-state index in [1.165, 1.54) is 49.8 Å². The zero-order chi connectivity index (χ0) is 14.0. The lowest BCUT2D eigenvalue weighted by Gasteiger charge is -2.28. The molecule has 1 unspecified atom stereocenters. The van der Waals surface area contributed by atoms with E-state index in [9.17, 15) is 0 Å². The minimum atomic E-state index is 0.321. The molecule has 0 bridgehead atoms. The molecule has 1 heterocycles. The number of ether oxygens (including phenoxy) is 1. The summed E-state index contributed by atoms with van der Waals surface area (Å²) in [5, 5.41) is 3.69. The van der Waals surface area contributed by atoms with E-state index in [0.717, 1.165) is 18.7 Å². The molecular weight excluding hydrogens is 246 g/mol. The Bertz CT molecular complexity index is 462. The van der Waals surface area contributed by atoms with Gasteiger partial charge in [0.1, 0.15) is 11.9 Å². The third kappa shape index (κ3) is 2.85. The summed E-state index contributed by atoms with van der Waals surface area (Å²) in [5.74, 6) is 1.09. The number of aryl methyl sites for hydroxylation is 1. The highest BCUT2D eigenvalue weighted by Crippen LogP contribution is 2.40. The van der Waals surface area contributed by atoms with Crippen molar-refractivity contribution in [2.45, 2.75) is 58.5 Å². The first-order chi connectivity index (χ1) is 9.71. The van der Waals surface area contributed by atoms with Crippen LogP contribution in [0.5, 0.6) is 5.75 Å². The summed E-state index contributed by atoms with van der Waals surface area (Å²) in [6.07, 6.45) is 8.33. The second-order valence-electron chi connectivity index (χ2n) is 6.75. The van der Waals surface area contributed by atoms with Crippen molar-refractivity contribution in [1.29, 1.82) is 0 Å². The lowest BCUT2D eigenvalue weighted by atomic mass is 9.83. The highest BCUT2D eigenvalue weighted by atomic mass is 16.5. The Labute approximate surface area is 122 Å². The minimum absolute atomic E-state index is 0.321. The lowest BCUT2D eigenvalue weighted by molar-refractivity contribution is 0.206. The Kier molecular flexibility index (Phi) is 4.02. The normalized spacial score (nSPS) is 23.6. The second kappa shape index (κ2) is 5.77. The van der Waals surface area contributed by atoms with Crippen LogP contribution in [0.1, 0.15) is 50.2 Å². The van der Waals surface area contributed by atoms with Gasteiger partial charge >= 0.3 is 0 Å². The molecule has 1 fully saturated rings. The van der Waals surface area contributed by atoms with Crippen LogP contribution in [0.4, 0.5) is 0 Å². The maximum Gasteiger partial charge on any atom is 0.123 e. The number of rotatable bonds is 5. The molecular formula is C18H27NO. The Morgan fingerprint density at radius 3 is 2.85 bits per heavy atom. The van der Waals surface area contributed by atoms with Crippen LogP contribution in [0.15, 0.2) is 18.2 Å². The van der Waals surface area contributed by atoms with Crippen molar-refractivity contribution in [3.05, 3.63) is 29.3 Å². The van der Waals surface area contributed by atoms with Gasteiger partial charge in [0.25, 0.3) is 0 Å². The van der Waals surface area contributed by atoms with Crippen LogP contribution in [-0.4, -0.2) is 19.2 Å². The van der Waals surface area contributed by atoms with Gasteiger partial charge in [-0.15, -0.1) is 0 Å². The number of nitrogens with one attached hydrogen (secondary N) is 1. The van der Waals surface area contributed by atoms with Crippen molar-refractivity contribution < 1.29 is 4.74 Å². The Morgan fingerprint density at radius 2 is 2.10 bits per heavy atom. The van der Waals surface area contributed by atoms with Gasteiger partial charge in [-0.05, 0) is 43.2 Å². The fourth-order valence-electron chi connectivity index (χ4n) is 3.84. The zero-order valence-electron chi connectivity index (χ0n) is 12.9. The van der Waals surface area contributed by atoms with Crippen molar-refractivity contribution in [2.24, 2.45) is 5.41 Å². The second-order valence-corrected chi connectivity index (χ2v) is 6.75. The summed E-state index contributed by atoms with van der Waals surface area (Å²) in [5.41, 5.74) is 3.28. The van der Waals surface area contributed by atoms with Gasteiger partial charge in [0.05, 0.1) is 0 Å². The number of benzene rings is 1. The topological polar surface area (TPSA) is 21.3 Å². The summed E-state index contributed by atoms with van der Waals surface area (Å²) < 4.78 is 6.03. The molecule has 1 N–H and O–H groups in total. The van der Waals surface area contributed by atoms with E-state index in [0.29, 0.717) is 11.5 Å². The lowest BCUT2D eigenvalue weighted by Crippen LogP contribution is -2.37. The monoisotopic (exact) mass is 273 g/mol. The minimum Gasteiger partial charge on any atom is -0.488 e. The third-order valence-corrected chi connectivity index (χ3v) is 5.24. The Morgan fingerprint density at radius 1 is 1.30 bits per heavy atom. The van der Waals surface area contributed by atoms with Gasteiger partial charge in [-0.2, -0.15) is 0 Å². The average Bonchev–Trinajstić information content (AvgIpc) is 3.05. The molecule has 1 aliphatic heterocycles. The number of fused-ring (bicyclic) bond motifs is 1. The van der Waals surface area contributed by atoms with Crippen LogP contribution in [0.25, 0.3) is 0 Å². The fraction of sp³-hybridized carbons (Fsp3) is 0.667. The van der Waals surface area contributed by atoms with E-state index >= 15 is 0 Å². The largest absolute Gasteiger partial charge is 0.488 e. The van der Waals surface area contributed by atoms with Crippen LogP contribution in [0, 0.1) is 12.3 Å². The van der Waals surface area contributed by atoms with Crippen molar-refractivity contribution in [2.75, 3.05) is 13.1 Å². The molecule has 1 aromatic carbocycles. The first-order valence-electron chi connectivity index (χ1n) is 8.18. The maximum atomic E-state index is 6.03. The van der Waals surface area contributed by atoms with Gasteiger partial charge in [-0.3, -0.25) is 0 Å². The maximum absolute atomic E-state index is 6.03. The first kappa shape index (κ1) is 13.9. The molecule has 0 radical (unpaired) electrons. The molecule has 0 aromatic heterocycles. The molecule has 3 rings (SSSR count). The van der Waals surface area contributed by atoms with Crippen molar-refractivity contribution in [3.8, 4) is 5.75 Å². The smallest absolute Gasteiger partial charge is 0.123 e. The predicted molar refractivity (Wildman–Crippen MR) is 83.4 cm³/mol. The van der Waals surface area contributed by atoms with E-state index in [2.05, 4.69) is 37.4 Å². The van der Waals surface area contributed by atoms with Crippen LogP contribution >= 0.6 is 0 Å². The molecule has 1 saturated carbocycles. The van der Waals surface area contributed by atoms with Gasteiger partial charge in [0.2, 0.25) is 0 Å². The van der Waals surface area contributed by atoms with Gasteiger partial charge in [-0.1, -0.05) is 37.5 Å². The van der Waals surface area contributed by atoms with E-state index in [4.69, 9.17) is 4.74 Å². The number of hydrogen-bond acceptors (Lipinski definition) is 2. The number of hydrogen-bond donors (Lipinski definition) is 1. The average molecular weight is 273 g/mol. The standard InChI is InChI=1S/C18H27NO/c1-3-18(8-4-5-9-18)13-19-12-16-11-15-10-14(2)6-7-17(15)20-16/h6-7,10,16,19H,3-5,8-9,11-13H2,1-2H3. The van der Waals surface area contributed by atoms with E-state index < -0.39 is 0 Å². The van der Waals surface area contributed by atoms with Gasteiger partial charge in [0, 0.05) is 19.5 Å². The van der Waals surface area contributed by atoms with Crippen LogP contribution < -0.4 is 10.1 Å². The van der Waals surface area contributed by atoms with Gasteiger partial charge < -0.3 is 10.1 Å². The third-order valence-electron chi connectivity index (χ3n) is 5.24. The molecule has 1 atom stereocenters. The molecule has 0 amide bonds. The molecule has 0 saturated heterocycles. The SMILES string of the molecule is CCC1(CNCC2Cc3cc(C)ccc3O2)CCCC1. The highest BCUT2D eigenvalue weighted by Gasteiger charge is 2.32. The predicted octanol–water partition coefficient (Wildman–Crippen LogP) is 3.86. The molecule has 2 heteroatoms. The Hall–Kier alpha value is -1.02. The van der Waals surface area contributed by atoms with Crippen LogP contribution in [0.2, 0.25) is 0 Å². The van der Waals surface area contributed by atoms with Crippen molar-refractivity contribution >= 4 is 0 Å². The van der Waals surface area contributed by atoms with Crippen LogP contribution in [0.3, 0.4) is 0 Å². The molecule has 110 valence electrons. The quantitative estimate of drug-likeness (QED) is 0.879.